The molecule has 2 atom stereocenters. The summed E-state index contributed by atoms with van der Waals surface area (Å²) in [6.45, 7) is 2.51. The lowest BCUT2D eigenvalue weighted by molar-refractivity contribution is -0.121. The molecule has 106 valence electrons. The molecule has 0 heterocycles. The number of nitrogens with one attached hydrogen (secondary N) is 1. The van der Waals surface area contributed by atoms with E-state index in [0.717, 1.165) is 0 Å². The fourth-order valence-electron chi connectivity index (χ4n) is 1.33. The van der Waals surface area contributed by atoms with Crippen molar-refractivity contribution in [1.82, 2.24) is 5.32 Å². The molecule has 6 heteroatoms. The summed E-state index contributed by atoms with van der Waals surface area (Å²) in [5.74, 6) is 0.463. The van der Waals surface area contributed by atoms with Gasteiger partial charge < -0.3 is 15.8 Å². The lowest BCUT2D eigenvalue weighted by Crippen LogP contribution is -2.33. The molecular weight excluding hydrogens is 264 g/mol. The minimum atomic E-state index is -0.928. The molecule has 0 aromatic heterocycles. The maximum atomic E-state index is 11.5. The van der Waals surface area contributed by atoms with E-state index in [-0.39, 0.29) is 24.2 Å². The average Bonchev–Trinajstić information content (AvgIpc) is 2.38. The summed E-state index contributed by atoms with van der Waals surface area (Å²) >= 11 is 0. The van der Waals surface area contributed by atoms with Crippen LogP contribution in [0.4, 0.5) is 5.69 Å². The van der Waals surface area contributed by atoms with Gasteiger partial charge in [0, 0.05) is 28.9 Å². The summed E-state index contributed by atoms with van der Waals surface area (Å²) in [6, 6.07) is 7.15. The van der Waals surface area contributed by atoms with Crippen molar-refractivity contribution in [2.75, 3.05) is 25.1 Å². The van der Waals surface area contributed by atoms with E-state index < -0.39 is 10.8 Å². The van der Waals surface area contributed by atoms with Crippen molar-refractivity contribution in [2.45, 2.75) is 18.6 Å². The van der Waals surface area contributed by atoms with Crippen LogP contribution in [-0.4, -0.2) is 34.8 Å². The highest BCUT2D eigenvalue weighted by atomic mass is 32.2. The number of ether oxygens (including phenoxy) is 1. The third-order valence-electron chi connectivity index (χ3n) is 2.66. The normalized spacial score (nSPS) is 13.6. The van der Waals surface area contributed by atoms with Crippen LogP contribution in [0, 0.1) is 0 Å². The highest BCUT2D eigenvalue weighted by molar-refractivity contribution is 7.84. The molecule has 0 bridgehead atoms. The van der Waals surface area contributed by atoms with E-state index in [1.165, 1.54) is 0 Å². The lowest BCUT2D eigenvalue weighted by Gasteiger charge is -2.11. The van der Waals surface area contributed by atoms with Gasteiger partial charge in [-0.1, -0.05) is 12.1 Å². The number of nitrogens with two attached hydrogens (primary N) is 1. The summed E-state index contributed by atoms with van der Waals surface area (Å²) < 4.78 is 16.5. The predicted octanol–water partition coefficient (Wildman–Crippen LogP) is 0.921. The third-order valence-corrected chi connectivity index (χ3v) is 3.96. The van der Waals surface area contributed by atoms with Gasteiger partial charge in [0.15, 0.2) is 0 Å². The molecule has 2 unspecified atom stereocenters. The van der Waals surface area contributed by atoms with Crippen LogP contribution in [0.5, 0.6) is 5.75 Å². The van der Waals surface area contributed by atoms with E-state index in [1.807, 2.05) is 19.1 Å². The first-order valence-electron chi connectivity index (χ1n) is 6.07. The maximum absolute atomic E-state index is 11.5. The molecule has 1 aromatic rings. The van der Waals surface area contributed by atoms with Crippen LogP contribution < -0.4 is 15.8 Å². The Morgan fingerprint density at radius 2 is 2.16 bits per heavy atom. The van der Waals surface area contributed by atoms with Crippen molar-refractivity contribution in [3.8, 4) is 5.75 Å². The van der Waals surface area contributed by atoms with Crippen LogP contribution >= 0.6 is 0 Å². The molecule has 0 saturated heterocycles. The number of benzene rings is 1. The monoisotopic (exact) mass is 284 g/mol. The Kier molecular flexibility index (Phi) is 6.35. The molecular formula is C13H20N2O3S. The largest absolute Gasteiger partial charge is 0.491 e. The maximum Gasteiger partial charge on any atom is 0.223 e. The molecule has 3 N–H and O–H groups in total. The standard InChI is InChI=1S/C13H20N2O3S/c1-10(19(2)17)9-15-13(16)7-8-18-12-6-4-3-5-11(12)14/h3-6,10H,7-9,14H2,1-2H3,(H,15,16). The van der Waals surface area contributed by atoms with Crippen molar-refractivity contribution in [2.24, 2.45) is 0 Å². The Hall–Kier alpha value is -1.56. The molecule has 0 radical (unpaired) electrons. The van der Waals surface area contributed by atoms with Crippen LogP contribution in [0.25, 0.3) is 0 Å². The van der Waals surface area contributed by atoms with E-state index in [9.17, 15) is 9.00 Å². The minimum Gasteiger partial charge on any atom is -0.491 e. The third kappa shape index (κ3) is 5.74. The van der Waals surface area contributed by atoms with Gasteiger partial charge in [0.05, 0.1) is 18.7 Å². The average molecular weight is 284 g/mol. The molecule has 0 saturated carbocycles. The zero-order valence-corrected chi connectivity index (χ0v) is 12.0. The summed E-state index contributed by atoms with van der Waals surface area (Å²) in [6.07, 6.45) is 1.87. The second-order valence-corrected chi connectivity index (χ2v) is 6.05. The molecule has 0 aliphatic heterocycles. The minimum absolute atomic E-state index is 0.0466. The number of nitrogen functional groups attached to an aromatic ring is 1. The van der Waals surface area contributed by atoms with Gasteiger partial charge in [0.2, 0.25) is 5.91 Å². The van der Waals surface area contributed by atoms with Crippen molar-refractivity contribution in [1.29, 1.82) is 0 Å². The van der Waals surface area contributed by atoms with Gasteiger partial charge >= 0.3 is 0 Å². The van der Waals surface area contributed by atoms with E-state index in [4.69, 9.17) is 10.5 Å². The van der Waals surface area contributed by atoms with Crippen molar-refractivity contribution in [3.05, 3.63) is 24.3 Å². The first-order chi connectivity index (χ1) is 9.00. The Morgan fingerprint density at radius 3 is 2.79 bits per heavy atom. The second-order valence-electron chi connectivity index (χ2n) is 4.25. The molecule has 5 nitrogen and oxygen atoms in total. The smallest absolute Gasteiger partial charge is 0.223 e. The van der Waals surface area contributed by atoms with Crippen LogP contribution in [0.1, 0.15) is 13.3 Å². The number of rotatable bonds is 7. The van der Waals surface area contributed by atoms with E-state index in [1.54, 1.807) is 18.4 Å². The van der Waals surface area contributed by atoms with Gasteiger partial charge in [0.1, 0.15) is 5.75 Å². The molecule has 0 spiro atoms. The van der Waals surface area contributed by atoms with Crippen molar-refractivity contribution >= 4 is 22.4 Å². The fraction of sp³-hybridized carbons (Fsp3) is 0.462. The van der Waals surface area contributed by atoms with E-state index in [2.05, 4.69) is 5.32 Å². The van der Waals surface area contributed by atoms with E-state index in [0.29, 0.717) is 18.0 Å². The van der Waals surface area contributed by atoms with Gasteiger partial charge in [-0.3, -0.25) is 9.00 Å². The number of hydrogen-bond acceptors (Lipinski definition) is 4. The number of carbonyl (C=O) groups excluding carboxylic acids is 1. The van der Waals surface area contributed by atoms with Crippen LogP contribution in [0.2, 0.25) is 0 Å². The second kappa shape index (κ2) is 7.78. The van der Waals surface area contributed by atoms with Crippen molar-refractivity contribution in [3.63, 3.8) is 0 Å². The number of para-hydroxylation sites is 2. The Morgan fingerprint density at radius 1 is 1.47 bits per heavy atom. The summed E-state index contributed by atoms with van der Waals surface area (Å²) in [5.41, 5.74) is 6.26. The quantitative estimate of drug-likeness (QED) is 0.730. The highest BCUT2D eigenvalue weighted by Crippen LogP contribution is 2.19. The molecule has 0 aliphatic carbocycles. The SMILES string of the molecule is CC(CNC(=O)CCOc1ccccc1N)S(C)=O. The summed E-state index contributed by atoms with van der Waals surface area (Å²) in [4.78, 5) is 11.5. The molecule has 1 rings (SSSR count). The summed E-state index contributed by atoms with van der Waals surface area (Å²) in [7, 11) is -0.928. The Bertz CT molecular complexity index is 451. The number of anilines is 1. The molecule has 1 amide bonds. The van der Waals surface area contributed by atoms with Crippen LogP contribution in [0.3, 0.4) is 0 Å². The number of hydrogen-bond donors (Lipinski definition) is 2. The fourth-order valence-corrected chi connectivity index (χ4v) is 1.65. The topological polar surface area (TPSA) is 81.4 Å². The lowest BCUT2D eigenvalue weighted by atomic mass is 10.3. The molecule has 0 aliphatic rings. The Balaban J connectivity index is 2.24. The highest BCUT2D eigenvalue weighted by Gasteiger charge is 2.08. The van der Waals surface area contributed by atoms with Crippen LogP contribution in [0.15, 0.2) is 24.3 Å². The zero-order chi connectivity index (χ0) is 14.3. The Labute approximate surface area is 116 Å². The zero-order valence-electron chi connectivity index (χ0n) is 11.2. The van der Waals surface area contributed by atoms with Gasteiger partial charge in [-0.2, -0.15) is 0 Å². The molecule has 1 aromatic carbocycles. The first kappa shape index (κ1) is 15.5. The summed E-state index contributed by atoms with van der Waals surface area (Å²) in [5, 5.41) is 2.67. The van der Waals surface area contributed by atoms with E-state index >= 15 is 0 Å². The van der Waals surface area contributed by atoms with Gasteiger partial charge in [0.25, 0.3) is 0 Å². The van der Waals surface area contributed by atoms with Crippen LogP contribution in [-0.2, 0) is 15.6 Å². The molecule has 0 fully saturated rings. The number of carbonyl (C=O) groups is 1. The first-order valence-corrected chi connectivity index (χ1v) is 7.69. The molecule has 19 heavy (non-hydrogen) atoms. The predicted molar refractivity (Wildman–Crippen MR) is 77.5 cm³/mol. The van der Waals surface area contributed by atoms with Gasteiger partial charge in [-0.05, 0) is 19.1 Å². The van der Waals surface area contributed by atoms with Gasteiger partial charge in [-0.25, -0.2) is 0 Å². The van der Waals surface area contributed by atoms with Crippen molar-refractivity contribution < 1.29 is 13.7 Å². The number of amides is 1. The van der Waals surface area contributed by atoms with Gasteiger partial charge in [-0.15, -0.1) is 0 Å².